The fourth-order valence-electron chi connectivity index (χ4n) is 0.625. The highest BCUT2D eigenvalue weighted by atomic mass is 32.2. The Balaban J connectivity index is 2.82. The maximum absolute atomic E-state index is 11.2. The molecular weight excluding hydrogens is 190 g/mol. The van der Waals surface area contributed by atoms with Crippen molar-refractivity contribution in [3.63, 3.8) is 0 Å². The Morgan fingerprint density at radius 3 is 2.62 bits per heavy atom. The Labute approximate surface area is 78.0 Å². The highest BCUT2D eigenvalue weighted by Gasteiger charge is 2.14. The van der Waals surface area contributed by atoms with Gasteiger partial charge in [0, 0.05) is 14.1 Å². The third kappa shape index (κ3) is 2.71. The second-order valence-electron chi connectivity index (χ2n) is 2.56. The summed E-state index contributed by atoms with van der Waals surface area (Å²) in [7, 11) is -0.828. The second-order valence-corrected chi connectivity index (χ2v) is 4.32. The van der Waals surface area contributed by atoms with E-state index in [9.17, 15) is 8.42 Å². The molecule has 1 aromatic carbocycles. The minimum absolute atomic E-state index is 0.260. The van der Waals surface area contributed by atoms with Crippen LogP contribution in [0.3, 0.4) is 0 Å². The lowest BCUT2D eigenvalue weighted by Gasteiger charge is -2.11. The van der Waals surface area contributed by atoms with Gasteiger partial charge in [0.15, 0.2) is 0 Å². The molecule has 0 aromatic heterocycles. The van der Waals surface area contributed by atoms with E-state index in [0.29, 0.717) is 0 Å². The molecule has 0 saturated heterocycles. The van der Waals surface area contributed by atoms with E-state index in [-0.39, 0.29) is 5.75 Å². The van der Waals surface area contributed by atoms with Crippen LogP contribution in [-0.4, -0.2) is 26.8 Å². The number of rotatable bonds is 3. The van der Waals surface area contributed by atoms with Crippen LogP contribution in [0.2, 0.25) is 0 Å². The van der Waals surface area contributed by atoms with Crippen LogP contribution in [0.1, 0.15) is 0 Å². The maximum Gasteiger partial charge on any atom is 0.384 e. The molecule has 0 bridgehead atoms. The highest BCUT2D eigenvalue weighted by Crippen LogP contribution is 2.11. The summed E-state index contributed by atoms with van der Waals surface area (Å²) in [5.74, 6) is 0.260. The molecule has 0 N–H and O–H groups in total. The van der Waals surface area contributed by atoms with Gasteiger partial charge >= 0.3 is 10.3 Å². The van der Waals surface area contributed by atoms with E-state index in [0.717, 1.165) is 4.31 Å². The first-order chi connectivity index (χ1) is 6.02. The standard InChI is InChI=1S/C8H10NO3S/c1-9(2)13(10,11)12-8-6-4-3-5-7-8/h3-4,6-7H,1-2H3. The lowest BCUT2D eigenvalue weighted by atomic mass is 10.3. The van der Waals surface area contributed by atoms with E-state index in [1.807, 2.05) is 0 Å². The average Bonchev–Trinajstić information content (AvgIpc) is 2.05. The van der Waals surface area contributed by atoms with Crippen molar-refractivity contribution in [2.24, 2.45) is 0 Å². The summed E-state index contributed by atoms with van der Waals surface area (Å²) < 4.78 is 28.1. The van der Waals surface area contributed by atoms with Crippen LogP contribution < -0.4 is 4.18 Å². The van der Waals surface area contributed by atoms with Crippen molar-refractivity contribution in [1.82, 2.24) is 4.31 Å². The highest BCUT2D eigenvalue weighted by molar-refractivity contribution is 7.84. The molecule has 13 heavy (non-hydrogen) atoms. The molecule has 0 heterocycles. The second kappa shape index (κ2) is 3.76. The van der Waals surface area contributed by atoms with E-state index in [4.69, 9.17) is 4.18 Å². The number of hydrogen-bond acceptors (Lipinski definition) is 3. The third-order valence-corrected chi connectivity index (χ3v) is 2.62. The van der Waals surface area contributed by atoms with Crippen LogP contribution in [-0.2, 0) is 10.3 Å². The van der Waals surface area contributed by atoms with Gasteiger partial charge in [0.05, 0.1) is 0 Å². The third-order valence-electron chi connectivity index (χ3n) is 1.33. The number of hydrogen-bond donors (Lipinski definition) is 0. The fourth-order valence-corrected chi connectivity index (χ4v) is 1.12. The van der Waals surface area contributed by atoms with Crippen LogP contribution in [0.25, 0.3) is 0 Å². The van der Waals surface area contributed by atoms with Crippen LogP contribution in [0, 0.1) is 6.07 Å². The molecule has 71 valence electrons. The zero-order chi connectivity index (χ0) is 9.90. The van der Waals surface area contributed by atoms with Crippen LogP contribution >= 0.6 is 0 Å². The minimum Gasteiger partial charge on any atom is -0.371 e. The SMILES string of the molecule is CN(C)S(=O)(=O)Oc1c[c]ccc1. The summed E-state index contributed by atoms with van der Waals surface area (Å²) >= 11 is 0. The van der Waals surface area contributed by atoms with Crippen molar-refractivity contribution in [3.05, 3.63) is 30.3 Å². The summed E-state index contributed by atoms with van der Waals surface area (Å²) in [6.45, 7) is 0. The van der Waals surface area contributed by atoms with Gasteiger partial charge in [-0.3, -0.25) is 0 Å². The van der Waals surface area contributed by atoms with Crippen LogP contribution in [0.5, 0.6) is 5.75 Å². The Kier molecular flexibility index (Phi) is 2.90. The van der Waals surface area contributed by atoms with Crippen molar-refractivity contribution in [1.29, 1.82) is 0 Å². The van der Waals surface area contributed by atoms with Crippen molar-refractivity contribution < 1.29 is 12.6 Å². The van der Waals surface area contributed by atoms with Gasteiger partial charge in [-0.15, -0.1) is 0 Å². The van der Waals surface area contributed by atoms with Crippen molar-refractivity contribution in [2.75, 3.05) is 14.1 Å². The topological polar surface area (TPSA) is 46.6 Å². The molecule has 0 aliphatic heterocycles. The van der Waals surface area contributed by atoms with E-state index in [1.54, 1.807) is 18.2 Å². The average molecular weight is 200 g/mol. The smallest absolute Gasteiger partial charge is 0.371 e. The van der Waals surface area contributed by atoms with Gasteiger partial charge in [-0.2, -0.15) is 12.7 Å². The first kappa shape index (κ1) is 10.0. The molecule has 4 nitrogen and oxygen atoms in total. The Hall–Kier alpha value is -1.07. The largest absolute Gasteiger partial charge is 0.384 e. The first-order valence-corrected chi connectivity index (χ1v) is 4.97. The quantitative estimate of drug-likeness (QED) is 0.720. The first-order valence-electron chi connectivity index (χ1n) is 3.60. The van der Waals surface area contributed by atoms with E-state index < -0.39 is 10.3 Å². The molecule has 0 saturated carbocycles. The number of benzene rings is 1. The van der Waals surface area contributed by atoms with E-state index >= 15 is 0 Å². The Bertz CT molecular complexity index is 358. The Morgan fingerprint density at radius 1 is 1.46 bits per heavy atom. The molecule has 0 aliphatic carbocycles. The van der Waals surface area contributed by atoms with E-state index in [1.165, 1.54) is 20.2 Å². The van der Waals surface area contributed by atoms with Crippen molar-refractivity contribution in [2.45, 2.75) is 0 Å². The van der Waals surface area contributed by atoms with Crippen LogP contribution in [0.4, 0.5) is 0 Å². The summed E-state index contributed by atoms with van der Waals surface area (Å²) in [6, 6.07) is 9.04. The van der Waals surface area contributed by atoms with Gasteiger partial charge < -0.3 is 4.18 Å². The summed E-state index contributed by atoms with van der Waals surface area (Å²) in [5.41, 5.74) is 0. The summed E-state index contributed by atoms with van der Waals surface area (Å²) in [5, 5.41) is 0. The zero-order valence-corrected chi connectivity index (χ0v) is 8.21. The summed E-state index contributed by atoms with van der Waals surface area (Å²) in [4.78, 5) is 0. The lowest BCUT2D eigenvalue weighted by Crippen LogP contribution is -2.26. The molecular formula is C8H10NO3S. The van der Waals surface area contributed by atoms with Crippen molar-refractivity contribution in [3.8, 4) is 5.75 Å². The molecule has 1 rings (SSSR count). The molecule has 0 atom stereocenters. The normalized spacial score (nSPS) is 11.6. The summed E-state index contributed by atoms with van der Waals surface area (Å²) in [6.07, 6.45) is 0. The molecule has 1 radical (unpaired) electrons. The molecule has 0 fully saturated rings. The lowest BCUT2D eigenvalue weighted by molar-refractivity contribution is 0.421. The predicted octanol–water partition coefficient (Wildman–Crippen LogP) is 0.672. The van der Waals surface area contributed by atoms with Gasteiger partial charge in [-0.1, -0.05) is 12.1 Å². The molecule has 5 heteroatoms. The molecule has 0 spiro atoms. The van der Waals surface area contributed by atoms with Crippen LogP contribution in [0.15, 0.2) is 24.3 Å². The minimum atomic E-state index is -3.64. The van der Waals surface area contributed by atoms with E-state index in [2.05, 4.69) is 6.07 Å². The fraction of sp³-hybridized carbons (Fsp3) is 0.250. The van der Waals surface area contributed by atoms with Gasteiger partial charge in [0.1, 0.15) is 5.75 Å². The maximum atomic E-state index is 11.2. The van der Waals surface area contributed by atoms with Gasteiger partial charge in [-0.25, -0.2) is 0 Å². The predicted molar refractivity (Wildman–Crippen MR) is 48.5 cm³/mol. The number of nitrogens with zero attached hydrogens (tertiary/aromatic N) is 1. The molecule has 0 unspecified atom stereocenters. The van der Waals surface area contributed by atoms with Gasteiger partial charge in [0.25, 0.3) is 0 Å². The van der Waals surface area contributed by atoms with Gasteiger partial charge in [0.2, 0.25) is 0 Å². The molecule has 0 aliphatic rings. The zero-order valence-electron chi connectivity index (χ0n) is 7.39. The monoisotopic (exact) mass is 200 g/mol. The Morgan fingerprint density at radius 2 is 2.15 bits per heavy atom. The van der Waals surface area contributed by atoms with Crippen molar-refractivity contribution >= 4 is 10.3 Å². The van der Waals surface area contributed by atoms with Gasteiger partial charge in [-0.05, 0) is 18.2 Å². The molecule has 0 amide bonds. The molecule has 1 aromatic rings.